The number of hydrogen-bond acceptors (Lipinski definition) is 3. The highest BCUT2D eigenvalue weighted by Crippen LogP contribution is 1.96. The van der Waals surface area contributed by atoms with Crippen LogP contribution in [-0.4, -0.2) is 17.2 Å². The molecule has 4 nitrogen and oxygen atoms in total. The molecule has 1 unspecified atom stereocenters. The molecule has 0 fully saturated rings. The number of hydroxylamine groups is 1. The Morgan fingerprint density at radius 2 is 2.62 bits per heavy atom. The maximum Gasteiger partial charge on any atom is 0.339 e. The van der Waals surface area contributed by atoms with Crippen LogP contribution in [-0.2, 0) is 9.63 Å². The van der Waals surface area contributed by atoms with Gasteiger partial charge in [0.05, 0.1) is 0 Å². The van der Waals surface area contributed by atoms with Crippen LogP contribution in [0.2, 0.25) is 0 Å². The number of rotatable bonds is 1. The van der Waals surface area contributed by atoms with Crippen LogP contribution >= 0.6 is 0 Å². The second-order valence-corrected chi connectivity index (χ2v) is 1.35. The predicted octanol–water partition coefficient (Wildman–Crippen LogP) is -0.512. The third-order valence-corrected chi connectivity index (χ3v) is 0.777. The first kappa shape index (κ1) is 5.11. The van der Waals surface area contributed by atoms with Crippen molar-refractivity contribution in [3.05, 3.63) is 12.3 Å². The average molecular weight is 115 g/mol. The van der Waals surface area contributed by atoms with Gasteiger partial charge in [0.2, 0.25) is 6.10 Å². The van der Waals surface area contributed by atoms with Gasteiger partial charge in [-0.3, -0.25) is 10.3 Å². The Kier molecular flexibility index (Phi) is 1.17. The molecule has 44 valence electrons. The molecular weight excluding hydrogens is 110 g/mol. The van der Waals surface area contributed by atoms with E-state index in [0.717, 1.165) is 0 Å². The van der Waals surface area contributed by atoms with E-state index in [9.17, 15) is 4.79 Å². The van der Waals surface area contributed by atoms with Crippen molar-refractivity contribution < 1.29 is 14.7 Å². The van der Waals surface area contributed by atoms with Gasteiger partial charge in [0.1, 0.15) is 0 Å². The molecule has 0 aromatic heterocycles. The molecule has 1 rings (SSSR count). The summed E-state index contributed by atoms with van der Waals surface area (Å²) in [5.41, 5.74) is 2.29. The molecule has 0 bridgehead atoms. The summed E-state index contributed by atoms with van der Waals surface area (Å²) >= 11 is 0. The molecular formula is C4H5NO3. The van der Waals surface area contributed by atoms with Crippen LogP contribution in [0.4, 0.5) is 0 Å². The van der Waals surface area contributed by atoms with Gasteiger partial charge in [-0.05, 0) is 6.08 Å². The van der Waals surface area contributed by atoms with Gasteiger partial charge in [-0.15, -0.1) is 0 Å². The van der Waals surface area contributed by atoms with Gasteiger partial charge in [0.15, 0.2) is 0 Å². The molecule has 0 radical (unpaired) electrons. The fraction of sp³-hybridized carbons (Fsp3) is 0.250. The van der Waals surface area contributed by atoms with Crippen LogP contribution in [0.25, 0.3) is 0 Å². The summed E-state index contributed by atoms with van der Waals surface area (Å²) in [6.07, 6.45) is 2.05. The van der Waals surface area contributed by atoms with Crippen LogP contribution in [0.15, 0.2) is 12.3 Å². The summed E-state index contributed by atoms with van der Waals surface area (Å²) in [6, 6.07) is 0. The third-order valence-electron chi connectivity index (χ3n) is 0.777. The maximum absolute atomic E-state index is 9.99. The van der Waals surface area contributed by atoms with Crippen molar-refractivity contribution in [3.63, 3.8) is 0 Å². The summed E-state index contributed by atoms with van der Waals surface area (Å²) in [5, 5.41) is 8.20. The number of hydrogen-bond donors (Lipinski definition) is 2. The van der Waals surface area contributed by atoms with E-state index in [-0.39, 0.29) is 0 Å². The van der Waals surface area contributed by atoms with E-state index in [1.54, 1.807) is 0 Å². The van der Waals surface area contributed by atoms with Crippen LogP contribution in [0.1, 0.15) is 0 Å². The Morgan fingerprint density at radius 1 is 1.88 bits per heavy atom. The van der Waals surface area contributed by atoms with Crippen molar-refractivity contribution >= 4 is 5.97 Å². The van der Waals surface area contributed by atoms with Crippen molar-refractivity contribution in [2.75, 3.05) is 0 Å². The predicted molar refractivity (Wildman–Crippen MR) is 24.8 cm³/mol. The zero-order chi connectivity index (χ0) is 5.98. The minimum Gasteiger partial charge on any atom is -0.479 e. The second kappa shape index (κ2) is 1.83. The van der Waals surface area contributed by atoms with Crippen molar-refractivity contribution in [2.24, 2.45) is 0 Å². The molecule has 8 heavy (non-hydrogen) atoms. The number of carbonyl (C=O) groups is 1. The molecule has 4 heteroatoms. The van der Waals surface area contributed by atoms with Gasteiger partial charge < -0.3 is 5.11 Å². The van der Waals surface area contributed by atoms with E-state index in [0.29, 0.717) is 0 Å². The zero-order valence-corrected chi connectivity index (χ0v) is 4.00. The second-order valence-electron chi connectivity index (χ2n) is 1.35. The number of nitrogens with one attached hydrogen (secondary N) is 1. The maximum atomic E-state index is 9.99. The molecule has 1 heterocycles. The summed E-state index contributed by atoms with van der Waals surface area (Å²) in [5.74, 6) is -0.980. The Balaban J connectivity index is 2.48. The van der Waals surface area contributed by atoms with Crippen LogP contribution < -0.4 is 5.48 Å². The summed E-state index contributed by atoms with van der Waals surface area (Å²) in [6.45, 7) is 0. The van der Waals surface area contributed by atoms with E-state index < -0.39 is 12.1 Å². The average Bonchev–Trinajstić information content (AvgIpc) is 2.12. The first-order chi connectivity index (χ1) is 3.80. The lowest BCUT2D eigenvalue weighted by Gasteiger charge is -1.97. The Bertz CT molecular complexity index is 131. The molecule has 0 spiro atoms. The lowest BCUT2D eigenvalue weighted by Crippen LogP contribution is -2.20. The van der Waals surface area contributed by atoms with Crippen molar-refractivity contribution in [1.29, 1.82) is 0 Å². The number of aliphatic carboxylic acids is 1. The highest BCUT2D eigenvalue weighted by Gasteiger charge is 2.17. The third kappa shape index (κ3) is 0.788. The normalized spacial score (nSPS) is 25.2. The van der Waals surface area contributed by atoms with E-state index in [1.807, 2.05) is 0 Å². The largest absolute Gasteiger partial charge is 0.479 e. The van der Waals surface area contributed by atoms with Gasteiger partial charge in [0.25, 0.3) is 0 Å². The van der Waals surface area contributed by atoms with Crippen molar-refractivity contribution in [1.82, 2.24) is 5.48 Å². The standard InChI is InChI=1S/C4H5NO3/c6-4(7)3-1-2-5-8-3/h1-3,5H,(H,6,7). The van der Waals surface area contributed by atoms with E-state index in [4.69, 9.17) is 5.11 Å². The highest BCUT2D eigenvalue weighted by molar-refractivity contribution is 5.74. The molecule has 0 saturated heterocycles. The van der Waals surface area contributed by atoms with Crippen molar-refractivity contribution in [2.45, 2.75) is 6.10 Å². The van der Waals surface area contributed by atoms with Gasteiger partial charge in [-0.1, -0.05) is 0 Å². The molecule has 1 aliphatic rings. The first-order valence-electron chi connectivity index (χ1n) is 2.11. The molecule has 0 aromatic rings. The van der Waals surface area contributed by atoms with Crippen molar-refractivity contribution in [3.8, 4) is 0 Å². The molecule has 0 aliphatic carbocycles. The van der Waals surface area contributed by atoms with Gasteiger partial charge in [-0.2, -0.15) is 0 Å². The van der Waals surface area contributed by atoms with Crippen LogP contribution in [0, 0.1) is 0 Å². The smallest absolute Gasteiger partial charge is 0.339 e. The quantitative estimate of drug-likeness (QED) is 0.483. The fourth-order valence-corrected chi connectivity index (χ4v) is 0.411. The molecule has 0 amide bonds. The Morgan fingerprint density at radius 3 is 2.88 bits per heavy atom. The fourth-order valence-electron chi connectivity index (χ4n) is 0.411. The van der Waals surface area contributed by atoms with Crippen LogP contribution in [0.3, 0.4) is 0 Å². The molecule has 0 saturated carbocycles. The minimum atomic E-state index is -0.980. The molecule has 2 N–H and O–H groups in total. The van der Waals surface area contributed by atoms with E-state index in [1.165, 1.54) is 12.3 Å². The van der Waals surface area contributed by atoms with Gasteiger partial charge >= 0.3 is 5.97 Å². The Hall–Kier alpha value is -1.03. The van der Waals surface area contributed by atoms with Gasteiger partial charge in [0, 0.05) is 6.20 Å². The minimum absolute atomic E-state index is 0.810. The lowest BCUT2D eigenvalue weighted by atomic mass is 10.4. The zero-order valence-electron chi connectivity index (χ0n) is 4.00. The molecule has 0 aromatic carbocycles. The van der Waals surface area contributed by atoms with Crippen LogP contribution in [0.5, 0.6) is 0 Å². The number of carboxylic acid groups (broad SMARTS) is 1. The summed E-state index contributed by atoms with van der Waals surface area (Å²) in [4.78, 5) is 14.4. The monoisotopic (exact) mass is 115 g/mol. The van der Waals surface area contributed by atoms with E-state index >= 15 is 0 Å². The number of carboxylic acids is 1. The summed E-state index contributed by atoms with van der Waals surface area (Å²) in [7, 11) is 0. The highest BCUT2D eigenvalue weighted by atomic mass is 16.7. The molecule has 1 aliphatic heterocycles. The molecule has 1 atom stereocenters. The summed E-state index contributed by atoms with van der Waals surface area (Å²) < 4.78 is 0. The van der Waals surface area contributed by atoms with E-state index in [2.05, 4.69) is 10.3 Å². The van der Waals surface area contributed by atoms with Gasteiger partial charge in [-0.25, -0.2) is 4.79 Å². The Labute approximate surface area is 45.7 Å². The SMILES string of the molecule is O=C(O)C1C=CNO1. The lowest BCUT2D eigenvalue weighted by molar-refractivity contribution is -0.148. The first-order valence-corrected chi connectivity index (χ1v) is 2.11. The topological polar surface area (TPSA) is 58.6 Å².